The third kappa shape index (κ3) is 2.17. The van der Waals surface area contributed by atoms with Gasteiger partial charge in [-0.25, -0.2) is 0 Å². The number of aryl methyl sites for hydroxylation is 1. The lowest BCUT2D eigenvalue weighted by Crippen LogP contribution is -2.48. The summed E-state index contributed by atoms with van der Waals surface area (Å²) < 4.78 is 7.52. The van der Waals surface area contributed by atoms with Crippen molar-refractivity contribution in [3.05, 3.63) is 36.2 Å². The average molecular weight is 312 g/mol. The lowest BCUT2D eigenvalue weighted by atomic mass is 10.0. The van der Waals surface area contributed by atoms with Crippen molar-refractivity contribution < 1.29 is 9.53 Å². The predicted molar refractivity (Wildman–Crippen MR) is 88.1 cm³/mol. The normalized spacial score (nSPS) is 17.5. The summed E-state index contributed by atoms with van der Waals surface area (Å²) in [6, 6.07) is 7.84. The lowest BCUT2D eigenvalue weighted by molar-refractivity contribution is -0.119. The van der Waals surface area contributed by atoms with Crippen LogP contribution in [0.5, 0.6) is 5.75 Å². The monoisotopic (exact) mass is 312 g/mol. The largest absolute Gasteiger partial charge is 0.489 e. The molecule has 2 aliphatic heterocycles. The first kappa shape index (κ1) is 14.1. The van der Waals surface area contributed by atoms with Gasteiger partial charge in [-0.3, -0.25) is 9.48 Å². The Morgan fingerprint density at radius 2 is 2.13 bits per heavy atom. The zero-order valence-corrected chi connectivity index (χ0v) is 13.4. The third-order valence-electron chi connectivity index (χ3n) is 4.74. The summed E-state index contributed by atoms with van der Waals surface area (Å²) in [7, 11) is 1.87. The number of amides is 1. The summed E-state index contributed by atoms with van der Waals surface area (Å²) in [5, 5.41) is 4.18. The number of hydrogen-bond donors (Lipinski definition) is 0. The van der Waals surface area contributed by atoms with Gasteiger partial charge in [0.05, 0.1) is 23.8 Å². The van der Waals surface area contributed by atoms with E-state index in [1.807, 2.05) is 43.1 Å². The van der Waals surface area contributed by atoms with E-state index in [-0.39, 0.29) is 11.8 Å². The molecule has 0 saturated carbocycles. The van der Waals surface area contributed by atoms with Crippen LogP contribution < -0.4 is 14.5 Å². The van der Waals surface area contributed by atoms with Gasteiger partial charge in [-0.05, 0) is 25.1 Å². The van der Waals surface area contributed by atoms with Crippen LogP contribution in [0.15, 0.2) is 30.5 Å². The van der Waals surface area contributed by atoms with Crippen molar-refractivity contribution in [1.29, 1.82) is 0 Å². The second kappa shape index (κ2) is 5.30. The molecule has 0 saturated heterocycles. The molecule has 0 radical (unpaired) electrons. The number of rotatable bonds is 2. The van der Waals surface area contributed by atoms with Gasteiger partial charge < -0.3 is 14.5 Å². The summed E-state index contributed by atoms with van der Waals surface area (Å²) >= 11 is 0. The van der Waals surface area contributed by atoms with E-state index in [9.17, 15) is 4.79 Å². The summed E-state index contributed by atoms with van der Waals surface area (Å²) in [5.74, 6) is 0.751. The molecule has 3 heterocycles. The van der Waals surface area contributed by atoms with Crippen LogP contribution in [0.25, 0.3) is 0 Å². The third-order valence-corrected chi connectivity index (χ3v) is 4.74. The highest BCUT2D eigenvalue weighted by Gasteiger charge is 2.34. The van der Waals surface area contributed by atoms with Gasteiger partial charge in [0.1, 0.15) is 18.0 Å². The van der Waals surface area contributed by atoms with E-state index < -0.39 is 0 Å². The highest BCUT2D eigenvalue weighted by atomic mass is 16.5. The molecule has 6 nitrogen and oxygen atoms in total. The molecule has 4 rings (SSSR count). The molecule has 1 unspecified atom stereocenters. The van der Waals surface area contributed by atoms with Crippen molar-refractivity contribution >= 4 is 17.3 Å². The molecule has 0 spiro atoms. The Morgan fingerprint density at radius 3 is 2.91 bits per heavy atom. The van der Waals surface area contributed by atoms with Crippen LogP contribution in [0.4, 0.5) is 11.4 Å². The van der Waals surface area contributed by atoms with Crippen LogP contribution in [-0.4, -0.2) is 41.9 Å². The minimum atomic E-state index is -0.227. The predicted octanol–water partition coefficient (Wildman–Crippen LogP) is 1.77. The Labute approximate surface area is 135 Å². The van der Waals surface area contributed by atoms with E-state index >= 15 is 0 Å². The summed E-state index contributed by atoms with van der Waals surface area (Å²) in [6.07, 6.45) is 1.73. The summed E-state index contributed by atoms with van der Waals surface area (Å²) in [5.41, 5.74) is 2.93. The molecule has 6 heteroatoms. The number of para-hydroxylation sites is 1. The molecule has 0 N–H and O–H groups in total. The maximum atomic E-state index is 13.1. The molecule has 1 atom stereocenters. The highest BCUT2D eigenvalue weighted by molar-refractivity contribution is 6.02. The van der Waals surface area contributed by atoms with Gasteiger partial charge in [0.25, 0.3) is 0 Å². The van der Waals surface area contributed by atoms with E-state index in [0.717, 1.165) is 35.9 Å². The van der Waals surface area contributed by atoms with Gasteiger partial charge in [0, 0.05) is 26.3 Å². The fraction of sp³-hybridized carbons (Fsp3) is 0.412. The van der Waals surface area contributed by atoms with E-state index in [1.165, 1.54) is 0 Å². The van der Waals surface area contributed by atoms with Gasteiger partial charge in [-0.2, -0.15) is 5.10 Å². The lowest BCUT2D eigenvalue weighted by Gasteiger charge is -2.41. The quantitative estimate of drug-likeness (QED) is 0.848. The number of ether oxygens (including phenoxy) is 1. The van der Waals surface area contributed by atoms with Crippen molar-refractivity contribution in [2.45, 2.75) is 12.8 Å². The Morgan fingerprint density at radius 1 is 1.26 bits per heavy atom. The second-order valence-electron chi connectivity index (χ2n) is 6.05. The second-order valence-corrected chi connectivity index (χ2v) is 6.05. The molecule has 120 valence electrons. The SMILES string of the molecule is CC(C(=O)N1CCN2CCOc3cccc1c32)c1ccnn1C. The highest BCUT2D eigenvalue weighted by Crippen LogP contribution is 2.43. The van der Waals surface area contributed by atoms with Gasteiger partial charge in [-0.1, -0.05) is 6.07 Å². The van der Waals surface area contributed by atoms with Gasteiger partial charge in [0.15, 0.2) is 0 Å². The Balaban J connectivity index is 1.70. The number of hydrogen-bond acceptors (Lipinski definition) is 4. The van der Waals surface area contributed by atoms with Crippen molar-refractivity contribution in [1.82, 2.24) is 9.78 Å². The first-order valence-corrected chi connectivity index (χ1v) is 7.97. The molecule has 23 heavy (non-hydrogen) atoms. The molecular formula is C17H20N4O2. The van der Waals surface area contributed by atoms with E-state index in [1.54, 1.807) is 10.9 Å². The van der Waals surface area contributed by atoms with Crippen molar-refractivity contribution in [2.75, 3.05) is 36.0 Å². The first-order valence-electron chi connectivity index (χ1n) is 7.97. The van der Waals surface area contributed by atoms with Crippen molar-refractivity contribution in [3.63, 3.8) is 0 Å². The molecule has 1 aromatic carbocycles. The van der Waals surface area contributed by atoms with Crippen LogP contribution in [0.2, 0.25) is 0 Å². The Bertz CT molecular complexity index is 755. The van der Waals surface area contributed by atoms with Gasteiger partial charge in [-0.15, -0.1) is 0 Å². The minimum absolute atomic E-state index is 0.104. The topological polar surface area (TPSA) is 50.6 Å². The molecule has 0 aliphatic carbocycles. The zero-order chi connectivity index (χ0) is 16.0. The first-order chi connectivity index (χ1) is 11.2. The number of benzene rings is 1. The number of carbonyl (C=O) groups is 1. The number of nitrogens with zero attached hydrogens (tertiary/aromatic N) is 4. The Kier molecular flexibility index (Phi) is 3.25. The molecule has 0 fully saturated rings. The number of carbonyl (C=O) groups excluding carboxylic acids is 1. The molecule has 1 aromatic heterocycles. The van der Waals surface area contributed by atoms with Crippen LogP contribution in [0.1, 0.15) is 18.5 Å². The zero-order valence-electron chi connectivity index (χ0n) is 13.4. The standard InChI is InChI=1S/C17H20N4O2/c1-12(13-6-7-18-19(13)2)17(22)21-9-8-20-10-11-23-15-5-3-4-14(21)16(15)20/h3-7,12H,8-11H2,1-2H3. The fourth-order valence-electron chi connectivity index (χ4n) is 3.50. The maximum Gasteiger partial charge on any atom is 0.235 e. The van der Waals surface area contributed by atoms with Crippen molar-refractivity contribution in [2.24, 2.45) is 7.05 Å². The Hall–Kier alpha value is -2.50. The number of aromatic nitrogens is 2. The average Bonchev–Trinajstić information content (AvgIpc) is 3.00. The molecular weight excluding hydrogens is 292 g/mol. The van der Waals surface area contributed by atoms with Crippen LogP contribution in [0, 0.1) is 0 Å². The van der Waals surface area contributed by atoms with Gasteiger partial charge >= 0.3 is 0 Å². The maximum absolute atomic E-state index is 13.1. The van der Waals surface area contributed by atoms with Gasteiger partial charge in [0.2, 0.25) is 5.91 Å². The van der Waals surface area contributed by atoms with Crippen molar-refractivity contribution in [3.8, 4) is 5.75 Å². The van der Waals surface area contributed by atoms with E-state index in [4.69, 9.17) is 4.74 Å². The molecule has 2 aliphatic rings. The van der Waals surface area contributed by atoms with Crippen LogP contribution in [-0.2, 0) is 11.8 Å². The van der Waals surface area contributed by atoms with Crippen LogP contribution >= 0.6 is 0 Å². The van der Waals surface area contributed by atoms with E-state index in [2.05, 4.69) is 10.00 Å². The fourth-order valence-corrected chi connectivity index (χ4v) is 3.50. The minimum Gasteiger partial charge on any atom is -0.489 e. The molecule has 2 aromatic rings. The van der Waals surface area contributed by atoms with Crippen LogP contribution in [0.3, 0.4) is 0 Å². The number of anilines is 2. The summed E-state index contributed by atoms with van der Waals surface area (Å²) in [6.45, 7) is 5.07. The molecule has 1 amide bonds. The molecule has 0 bridgehead atoms. The summed E-state index contributed by atoms with van der Waals surface area (Å²) in [4.78, 5) is 17.3. The van der Waals surface area contributed by atoms with E-state index in [0.29, 0.717) is 13.2 Å². The smallest absolute Gasteiger partial charge is 0.235 e.